The lowest BCUT2D eigenvalue weighted by Crippen LogP contribution is -2.31. The number of carbonyl (C=O) groups is 1. The molecule has 1 aromatic carbocycles. The maximum absolute atomic E-state index is 11.7. The second-order valence-electron chi connectivity index (χ2n) is 4.41. The van der Waals surface area contributed by atoms with Crippen LogP contribution < -0.4 is 11.1 Å². The first-order valence-corrected chi connectivity index (χ1v) is 7.22. The SMILES string of the molecule is CCCNC(=O)C(C)Sc1ccc(C(C)N)cc1. The molecule has 0 bridgehead atoms. The molecule has 0 saturated carbocycles. The van der Waals surface area contributed by atoms with Crippen molar-refractivity contribution in [2.75, 3.05) is 6.54 Å². The van der Waals surface area contributed by atoms with Crippen molar-refractivity contribution in [3.8, 4) is 0 Å². The van der Waals surface area contributed by atoms with Crippen molar-refractivity contribution in [2.45, 2.75) is 43.4 Å². The van der Waals surface area contributed by atoms with E-state index < -0.39 is 0 Å². The number of carbonyl (C=O) groups excluding carboxylic acids is 1. The van der Waals surface area contributed by atoms with Gasteiger partial charge < -0.3 is 11.1 Å². The van der Waals surface area contributed by atoms with Gasteiger partial charge >= 0.3 is 0 Å². The number of benzene rings is 1. The maximum Gasteiger partial charge on any atom is 0.233 e. The summed E-state index contributed by atoms with van der Waals surface area (Å²) in [5, 5.41) is 2.83. The van der Waals surface area contributed by atoms with E-state index in [1.807, 2.05) is 45.0 Å². The molecule has 0 radical (unpaired) electrons. The van der Waals surface area contributed by atoms with Crippen molar-refractivity contribution in [3.63, 3.8) is 0 Å². The molecule has 0 aromatic heterocycles. The van der Waals surface area contributed by atoms with Gasteiger partial charge in [-0.05, 0) is 38.0 Å². The van der Waals surface area contributed by atoms with Crippen molar-refractivity contribution in [1.29, 1.82) is 0 Å². The zero-order valence-electron chi connectivity index (χ0n) is 11.3. The molecule has 2 atom stereocenters. The van der Waals surface area contributed by atoms with Gasteiger partial charge in [0.05, 0.1) is 5.25 Å². The summed E-state index contributed by atoms with van der Waals surface area (Å²) in [5.74, 6) is 0.0955. The molecule has 0 aliphatic carbocycles. The molecule has 18 heavy (non-hydrogen) atoms. The topological polar surface area (TPSA) is 55.1 Å². The molecule has 2 unspecified atom stereocenters. The van der Waals surface area contributed by atoms with Crippen LogP contribution in [0.2, 0.25) is 0 Å². The highest BCUT2D eigenvalue weighted by Gasteiger charge is 2.13. The summed E-state index contributed by atoms with van der Waals surface area (Å²) in [6.07, 6.45) is 0.964. The maximum atomic E-state index is 11.7. The second-order valence-corrected chi connectivity index (χ2v) is 5.82. The normalized spacial score (nSPS) is 14.0. The lowest BCUT2D eigenvalue weighted by Gasteiger charge is -2.12. The predicted molar refractivity (Wildman–Crippen MR) is 77.7 cm³/mol. The van der Waals surface area contributed by atoms with Crippen LogP contribution in [-0.4, -0.2) is 17.7 Å². The van der Waals surface area contributed by atoms with E-state index in [1.165, 1.54) is 0 Å². The average molecular weight is 266 g/mol. The number of hydrogen-bond acceptors (Lipinski definition) is 3. The number of rotatable bonds is 6. The van der Waals surface area contributed by atoms with Crippen LogP contribution in [0.3, 0.4) is 0 Å². The molecule has 0 aliphatic rings. The summed E-state index contributed by atoms with van der Waals surface area (Å²) in [5.41, 5.74) is 6.91. The van der Waals surface area contributed by atoms with Crippen LogP contribution in [0.15, 0.2) is 29.2 Å². The van der Waals surface area contributed by atoms with Gasteiger partial charge in [0, 0.05) is 17.5 Å². The van der Waals surface area contributed by atoms with Crippen LogP contribution in [-0.2, 0) is 4.79 Å². The van der Waals surface area contributed by atoms with Crippen LogP contribution >= 0.6 is 11.8 Å². The monoisotopic (exact) mass is 266 g/mol. The smallest absolute Gasteiger partial charge is 0.233 e. The van der Waals surface area contributed by atoms with Gasteiger partial charge in [-0.15, -0.1) is 11.8 Å². The van der Waals surface area contributed by atoms with Crippen molar-refractivity contribution in [3.05, 3.63) is 29.8 Å². The van der Waals surface area contributed by atoms with E-state index in [0.29, 0.717) is 0 Å². The zero-order valence-corrected chi connectivity index (χ0v) is 12.1. The van der Waals surface area contributed by atoms with Crippen LogP contribution in [0.5, 0.6) is 0 Å². The van der Waals surface area contributed by atoms with Crippen molar-refractivity contribution in [2.24, 2.45) is 5.73 Å². The Bertz CT molecular complexity index is 376. The minimum atomic E-state index is -0.0716. The zero-order chi connectivity index (χ0) is 13.5. The van der Waals surface area contributed by atoms with Crippen molar-refractivity contribution < 1.29 is 4.79 Å². The van der Waals surface area contributed by atoms with Gasteiger partial charge in [-0.1, -0.05) is 19.1 Å². The van der Waals surface area contributed by atoms with Crippen molar-refractivity contribution in [1.82, 2.24) is 5.32 Å². The molecule has 1 aromatic rings. The third kappa shape index (κ3) is 4.70. The van der Waals surface area contributed by atoms with Gasteiger partial charge in [-0.3, -0.25) is 4.79 Å². The lowest BCUT2D eigenvalue weighted by atomic mass is 10.1. The molecule has 0 aliphatic heterocycles. The van der Waals surface area contributed by atoms with Gasteiger partial charge in [0.1, 0.15) is 0 Å². The Balaban J connectivity index is 2.53. The van der Waals surface area contributed by atoms with Gasteiger partial charge in [0.25, 0.3) is 0 Å². The highest BCUT2D eigenvalue weighted by Crippen LogP contribution is 2.24. The second kappa shape index (κ2) is 7.44. The van der Waals surface area contributed by atoms with E-state index in [0.717, 1.165) is 23.4 Å². The first-order valence-electron chi connectivity index (χ1n) is 6.34. The minimum absolute atomic E-state index is 0.0503. The van der Waals surface area contributed by atoms with E-state index >= 15 is 0 Å². The highest BCUT2D eigenvalue weighted by molar-refractivity contribution is 8.00. The number of nitrogens with two attached hydrogens (primary N) is 1. The number of hydrogen-bond donors (Lipinski definition) is 2. The molecule has 1 amide bonds. The molecule has 100 valence electrons. The van der Waals surface area contributed by atoms with Crippen LogP contribution in [0.1, 0.15) is 38.8 Å². The fourth-order valence-electron chi connectivity index (χ4n) is 1.50. The molecule has 4 heteroatoms. The molecule has 0 spiro atoms. The number of nitrogens with one attached hydrogen (secondary N) is 1. The average Bonchev–Trinajstić information content (AvgIpc) is 2.36. The summed E-state index contributed by atoms with van der Waals surface area (Å²) in [4.78, 5) is 12.8. The minimum Gasteiger partial charge on any atom is -0.355 e. The summed E-state index contributed by atoms with van der Waals surface area (Å²) in [6.45, 7) is 6.68. The summed E-state index contributed by atoms with van der Waals surface area (Å²) in [7, 11) is 0. The Kier molecular flexibility index (Phi) is 6.22. The fraction of sp³-hybridized carbons (Fsp3) is 0.500. The summed E-state index contributed by atoms with van der Waals surface area (Å²) in [6, 6.07) is 8.13. The molecule has 3 nitrogen and oxygen atoms in total. The molecular weight excluding hydrogens is 244 g/mol. The van der Waals surface area contributed by atoms with Gasteiger partial charge in [0.15, 0.2) is 0 Å². The lowest BCUT2D eigenvalue weighted by molar-refractivity contribution is -0.120. The first-order chi connectivity index (χ1) is 8.54. The molecule has 0 saturated heterocycles. The summed E-state index contributed by atoms with van der Waals surface area (Å²) >= 11 is 1.57. The van der Waals surface area contributed by atoms with Gasteiger partial charge in [0.2, 0.25) is 5.91 Å². The molecule has 1 rings (SSSR count). The van der Waals surface area contributed by atoms with E-state index in [4.69, 9.17) is 5.73 Å². The number of amides is 1. The molecule has 0 fully saturated rings. The third-order valence-electron chi connectivity index (χ3n) is 2.64. The van der Waals surface area contributed by atoms with E-state index in [2.05, 4.69) is 5.32 Å². The first kappa shape index (κ1) is 15.1. The van der Waals surface area contributed by atoms with E-state index in [9.17, 15) is 4.79 Å². The Labute approximate surface area is 114 Å². The van der Waals surface area contributed by atoms with Gasteiger partial charge in [-0.25, -0.2) is 0 Å². The number of thioether (sulfide) groups is 1. The van der Waals surface area contributed by atoms with Crippen LogP contribution in [0.4, 0.5) is 0 Å². The van der Waals surface area contributed by atoms with Gasteiger partial charge in [-0.2, -0.15) is 0 Å². The van der Waals surface area contributed by atoms with Crippen LogP contribution in [0.25, 0.3) is 0 Å². The summed E-state index contributed by atoms with van der Waals surface area (Å²) < 4.78 is 0. The molecule has 0 heterocycles. The van der Waals surface area contributed by atoms with E-state index in [-0.39, 0.29) is 17.2 Å². The third-order valence-corrected chi connectivity index (χ3v) is 3.75. The fourth-order valence-corrected chi connectivity index (χ4v) is 2.39. The Hall–Kier alpha value is -1.00. The largest absolute Gasteiger partial charge is 0.355 e. The van der Waals surface area contributed by atoms with Crippen molar-refractivity contribution >= 4 is 17.7 Å². The standard InChI is InChI=1S/C14H22N2OS/c1-4-9-16-14(17)11(3)18-13-7-5-12(6-8-13)10(2)15/h5-8,10-11H,4,9,15H2,1-3H3,(H,16,17). The Morgan fingerprint density at radius 1 is 1.33 bits per heavy atom. The quantitative estimate of drug-likeness (QED) is 0.778. The Morgan fingerprint density at radius 3 is 2.44 bits per heavy atom. The highest BCUT2D eigenvalue weighted by atomic mass is 32.2. The predicted octanol–water partition coefficient (Wildman–Crippen LogP) is 2.71. The molecule has 3 N–H and O–H groups in total. The molecular formula is C14H22N2OS. The van der Waals surface area contributed by atoms with Crippen LogP contribution in [0, 0.1) is 0 Å². The Morgan fingerprint density at radius 2 is 1.94 bits per heavy atom. The van der Waals surface area contributed by atoms with E-state index in [1.54, 1.807) is 11.8 Å².